The molecule has 74 valence electrons. The lowest BCUT2D eigenvalue weighted by atomic mass is 10.2. The van der Waals surface area contributed by atoms with E-state index in [2.05, 4.69) is 15.9 Å². The van der Waals surface area contributed by atoms with Crippen molar-refractivity contribution < 1.29 is 13.5 Å². The standard InChI is InChI=1S/C7H3BrClNO3S/c8-5-2-7(14(9,12)13)4(3-10)1-6(5)11/h1-2,11H. The normalized spacial score (nSPS) is 10.9. The summed E-state index contributed by atoms with van der Waals surface area (Å²) in [6, 6.07) is 3.73. The maximum absolute atomic E-state index is 11.0. The van der Waals surface area contributed by atoms with Crippen molar-refractivity contribution in [2.45, 2.75) is 4.90 Å². The van der Waals surface area contributed by atoms with Gasteiger partial charge in [-0.05, 0) is 22.0 Å². The highest BCUT2D eigenvalue weighted by Crippen LogP contribution is 2.31. The molecule has 0 unspecified atom stereocenters. The summed E-state index contributed by atoms with van der Waals surface area (Å²) >= 11 is 2.92. The first kappa shape index (κ1) is 11.3. The molecule has 0 bridgehead atoms. The van der Waals surface area contributed by atoms with E-state index in [1.807, 2.05) is 0 Å². The van der Waals surface area contributed by atoms with Gasteiger partial charge in [-0.2, -0.15) is 5.26 Å². The Morgan fingerprint density at radius 3 is 2.50 bits per heavy atom. The molecule has 0 atom stereocenters. The maximum atomic E-state index is 11.0. The van der Waals surface area contributed by atoms with Gasteiger partial charge in [0.2, 0.25) is 0 Å². The quantitative estimate of drug-likeness (QED) is 0.804. The first-order valence-corrected chi connectivity index (χ1v) is 6.33. The molecule has 0 spiro atoms. The highest BCUT2D eigenvalue weighted by molar-refractivity contribution is 9.10. The fraction of sp³-hybridized carbons (Fsp3) is 0. The molecule has 1 rings (SSSR count). The van der Waals surface area contributed by atoms with Crippen LogP contribution < -0.4 is 0 Å². The van der Waals surface area contributed by atoms with E-state index in [9.17, 15) is 13.5 Å². The van der Waals surface area contributed by atoms with Crippen LogP contribution in [0.5, 0.6) is 5.75 Å². The number of nitrogens with zero attached hydrogens (tertiary/aromatic N) is 1. The molecule has 0 aliphatic carbocycles. The highest BCUT2D eigenvalue weighted by atomic mass is 79.9. The summed E-state index contributed by atoms with van der Waals surface area (Å²) in [6.45, 7) is 0. The number of phenols is 1. The number of benzene rings is 1. The molecule has 1 aromatic rings. The predicted octanol–water partition coefficient (Wildman–Crippen LogP) is 1.95. The molecular weight excluding hydrogens is 294 g/mol. The van der Waals surface area contributed by atoms with Crippen molar-refractivity contribution in [3.63, 3.8) is 0 Å². The lowest BCUT2D eigenvalue weighted by molar-refractivity contribution is 0.471. The molecular formula is C7H3BrClNO3S. The molecule has 0 aliphatic rings. The molecule has 0 aromatic heterocycles. The average molecular weight is 297 g/mol. The van der Waals surface area contributed by atoms with Gasteiger partial charge in [-0.25, -0.2) is 8.42 Å². The van der Waals surface area contributed by atoms with Gasteiger partial charge in [0.25, 0.3) is 9.05 Å². The second-order valence-corrected chi connectivity index (χ2v) is 5.74. The molecule has 0 fully saturated rings. The predicted molar refractivity (Wildman–Crippen MR) is 53.6 cm³/mol. The number of hydrogen-bond donors (Lipinski definition) is 1. The van der Waals surface area contributed by atoms with Gasteiger partial charge < -0.3 is 5.11 Å². The van der Waals surface area contributed by atoms with E-state index in [-0.39, 0.29) is 20.7 Å². The number of phenolic OH excluding ortho intramolecular Hbond substituents is 1. The minimum atomic E-state index is -3.98. The number of halogens is 2. The first-order valence-electron chi connectivity index (χ1n) is 3.23. The van der Waals surface area contributed by atoms with Gasteiger partial charge in [0.05, 0.1) is 10.0 Å². The van der Waals surface area contributed by atoms with Crippen LogP contribution in [0.2, 0.25) is 0 Å². The third-order valence-electron chi connectivity index (χ3n) is 1.43. The summed E-state index contributed by atoms with van der Waals surface area (Å²) in [5, 5.41) is 17.8. The van der Waals surface area contributed by atoms with Crippen molar-refractivity contribution >= 4 is 35.7 Å². The van der Waals surface area contributed by atoms with Crippen LogP contribution in [0.4, 0.5) is 0 Å². The Kier molecular flexibility index (Phi) is 3.04. The van der Waals surface area contributed by atoms with Crippen LogP contribution >= 0.6 is 26.6 Å². The average Bonchev–Trinajstić information content (AvgIpc) is 2.07. The summed E-state index contributed by atoms with van der Waals surface area (Å²) in [6.07, 6.45) is 0. The van der Waals surface area contributed by atoms with Crippen molar-refractivity contribution in [3.05, 3.63) is 22.2 Å². The van der Waals surface area contributed by atoms with Crippen molar-refractivity contribution in [1.82, 2.24) is 0 Å². The lowest BCUT2D eigenvalue weighted by Gasteiger charge is -2.02. The van der Waals surface area contributed by atoms with E-state index in [1.165, 1.54) is 0 Å². The Bertz CT molecular complexity index is 520. The second kappa shape index (κ2) is 3.77. The second-order valence-electron chi connectivity index (χ2n) is 2.35. The van der Waals surface area contributed by atoms with Crippen LogP contribution in [0.25, 0.3) is 0 Å². The minimum absolute atomic E-state index is 0.163. The molecule has 14 heavy (non-hydrogen) atoms. The molecule has 1 N–H and O–H groups in total. The third-order valence-corrected chi connectivity index (χ3v) is 3.43. The van der Waals surface area contributed by atoms with E-state index in [1.54, 1.807) is 6.07 Å². The van der Waals surface area contributed by atoms with E-state index in [4.69, 9.17) is 15.9 Å². The van der Waals surface area contributed by atoms with E-state index in [0.29, 0.717) is 0 Å². The van der Waals surface area contributed by atoms with Gasteiger partial charge in [-0.3, -0.25) is 0 Å². The van der Waals surface area contributed by atoms with E-state index < -0.39 is 9.05 Å². The Balaban J connectivity index is 3.61. The van der Waals surface area contributed by atoms with Gasteiger partial charge >= 0.3 is 0 Å². The van der Waals surface area contributed by atoms with Gasteiger partial charge in [0, 0.05) is 16.7 Å². The molecule has 0 radical (unpaired) electrons. The molecule has 0 aliphatic heterocycles. The molecule has 7 heteroatoms. The molecule has 0 amide bonds. The van der Waals surface area contributed by atoms with Crippen LogP contribution in [0, 0.1) is 11.3 Å². The van der Waals surface area contributed by atoms with Crippen LogP contribution in [0.1, 0.15) is 5.56 Å². The fourth-order valence-corrected chi connectivity index (χ4v) is 2.34. The number of nitriles is 1. The van der Waals surface area contributed by atoms with Crippen molar-refractivity contribution in [1.29, 1.82) is 5.26 Å². The van der Waals surface area contributed by atoms with E-state index in [0.717, 1.165) is 12.1 Å². The van der Waals surface area contributed by atoms with Gasteiger partial charge in [0.15, 0.2) is 0 Å². The zero-order chi connectivity index (χ0) is 10.9. The highest BCUT2D eigenvalue weighted by Gasteiger charge is 2.18. The minimum Gasteiger partial charge on any atom is -0.507 e. The van der Waals surface area contributed by atoms with Gasteiger partial charge in [-0.15, -0.1) is 0 Å². The smallest absolute Gasteiger partial charge is 0.262 e. The lowest BCUT2D eigenvalue weighted by Crippen LogP contribution is -1.95. The zero-order valence-electron chi connectivity index (χ0n) is 6.53. The molecule has 4 nitrogen and oxygen atoms in total. The molecule has 1 aromatic carbocycles. The Morgan fingerprint density at radius 1 is 1.50 bits per heavy atom. The Hall–Kier alpha value is -0.770. The summed E-state index contributed by atoms with van der Waals surface area (Å²) in [5.41, 5.74) is -0.194. The number of hydrogen-bond acceptors (Lipinski definition) is 4. The van der Waals surface area contributed by atoms with Crippen molar-refractivity contribution in [3.8, 4) is 11.8 Å². The summed E-state index contributed by atoms with van der Waals surface area (Å²) < 4.78 is 22.1. The summed E-state index contributed by atoms with van der Waals surface area (Å²) in [5.74, 6) is -0.217. The van der Waals surface area contributed by atoms with Crippen LogP contribution in [0.15, 0.2) is 21.5 Å². The van der Waals surface area contributed by atoms with Gasteiger partial charge in [-0.1, -0.05) is 0 Å². The van der Waals surface area contributed by atoms with Crippen LogP contribution in [-0.2, 0) is 9.05 Å². The summed E-state index contributed by atoms with van der Waals surface area (Å²) in [4.78, 5) is -0.327. The first-order chi connectivity index (χ1) is 6.36. The van der Waals surface area contributed by atoms with Gasteiger partial charge in [0.1, 0.15) is 16.7 Å². The number of aromatic hydroxyl groups is 1. The topological polar surface area (TPSA) is 78.2 Å². The molecule has 0 saturated carbocycles. The summed E-state index contributed by atoms with van der Waals surface area (Å²) in [7, 11) is 1.11. The fourth-order valence-electron chi connectivity index (χ4n) is 0.833. The maximum Gasteiger partial charge on any atom is 0.262 e. The third kappa shape index (κ3) is 2.18. The monoisotopic (exact) mass is 295 g/mol. The van der Waals surface area contributed by atoms with Crippen LogP contribution in [-0.4, -0.2) is 13.5 Å². The van der Waals surface area contributed by atoms with Crippen molar-refractivity contribution in [2.75, 3.05) is 0 Å². The number of rotatable bonds is 1. The van der Waals surface area contributed by atoms with E-state index >= 15 is 0 Å². The Labute approximate surface area is 93.3 Å². The molecule has 0 heterocycles. The van der Waals surface area contributed by atoms with Crippen molar-refractivity contribution in [2.24, 2.45) is 0 Å². The Morgan fingerprint density at radius 2 is 2.07 bits per heavy atom. The zero-order valence-corrected chi connectivity index (χ0v) is 9.69. The largest absolute Gasteiger partial charge is 0.507 e. The molecule has 0 saturated heterocycles. The van der Waals surface area contributed by atoms with Crippen LogP contribution in [0.3, 0.4) is 0 Å². The SMILES string of the molecule is N#Cc1cc(O)c(Br)cc1S(=O)(=O)Cl.